The van der Waals surface area contributed by atoms with Crippen LogP contribution in [0.3, 0.4) is 0 Å². The molecule has 0 aliphatic carbocycles. The fourth-order valence-corrected chi connectivity index (χ4v) is 3.25. The Morgan fingerprint density at radius 2 is 2.00 bits per heavy atom. The topological polar surface area (TPSA) is 20.3 Å². The third kappa shape index (κ3) is 2.90. The van der Waals surface area contributed by atoms with Crippen LogP contribution >= 0.6 is 23.2 Å². The summed E-state index contributed by atoms with van der Waals surface area (Å²) in [6.07, 6.45) is 4.18. The minimum absolute atomic E-state index is 0.0385. The summed E-state index contributed by atoms with van der Waals surface area (Å²) in [6, 6.07) is 13.4. The minimum atomic E-state index is -0.0385. The number of hydrogen-bond acceptors (Lipinski definition) is 1. The van der Waals surface area contributed by atoms with Gasteiger partial charge in [-0.05, 0) is 48.7 Å². The van der Waals surface area contributed by atoms with Crippen LogP contribution in [0.4, 0.5) is 5.69 Å². The van der Waals surface area contributed by atoms with Crippen LogP contribution in [0.25, 0.3) is 6.08 Å². The van der Waals surface area contributed by atoms with E-state index in [1.54, 1.807) is 30.4 Å². The third-order valence-corrected chi connectivity index (χ3v) is 4.38. The largest absolute Gasteiger partial charge is 0.305 e. The van der Waals surface area contributed by atoms with Gasteiger partial charge in [0.2, 0.25) is 0 Å². The number of nitrogens with zero attached hydrogens (tertiary/aromatic N) is 1. The predicted molar refractivity (Wildman–Crippen MR) is 92.6 cm³/mol. The zero-order chi connectivity index (χ0) is 15.7. The number of rotatable bonds is 2. The number of amides is 1. The summed E-state index contributed by atoms with van der Waals surface area (Å²) in [5.74, 6) is -0.0385. The molecule has 1 atom stereocenters. The molecule has 0 radical (unpaired) electrons. The van der Waals surface area contributed by atoms with Crippen molar-refractivity contribution in [3.8, 4) is 0 Å². The van der Waals surface area contributed by atoms with Crippen LogP contribution in [0.15, 0.2) is 48.5 Å². The lowest BCUT2D eigenvalue weighted by atomic mass is 10.1. The smallest absolute Gasteiger partial charge is 0.251 e. The fraction of sp³-hybridized carbons (Fsp3) is 0.167. The van der Waals surface area contributed by atoms with Gasteiger partial charge in [-0.3, -0.25) is 4.79 Å². The second-order valence-corrected chi connectivity index (χ2v) is 6.23. The molecule has 112 valence electrons. The van der Waals surface area contributed by atoms with Gasteiger partial charge in [0.15, 0.2) is 0 Å². The molecule has 0 N–H and O–H groups in total. The number of carbonyl (C=O) groups is 1. The van der Waals surface area contributed by atoms with Gasteiger partial charge in [0, 0.05) is 27.9 Å². The minimum Gasteiger partial charge on any atom is -0.305 e. The normalized spacial score (nSPS) is 17.0. The molecule has 0 spiro atoms. The Morgan fingerprint density at radius 1 is 1.23 bits per heavy atom. The molecule has 0 saturated carbocycles. The van der Waals surface area contributed by atoms with Gasteiger partial charge in [-0.2, -0.15) is 0 Å². The summed E-state index contributed by atoms with van der Waals surface area (Å²) in [4.78, 5) is 14.4. The predicted octanol–water partition coefficient (Wildman–Crippen LogP) is 4.98. The summed E-state index contributed by atoms with van der Waals surface area (Å²) in [5, 5.41) is 1.11. The molecule has 1 amide bonds. The van der Waals surface area contributed by atoms with Gasteiger partial charge >= 0.3 is 0 Å². The summed E-state index contributed by atoms with van der Waals surface area (Å²) < 4.78 is 0. The number of hydrogen-bond donors (Lipinski definition) is 0. The molecular weight excluding hydrogens is 317 g/mol. The number of benzene rings is 2. The van der Waals surface area contributed by atoms with E-state index in [1.165, 1.54) is 5.56 Å². The number of halogens is 2. The first-order valence-electron chi connectivity index (χ1n) is 7.10. The van der Waals surface area contributed by atoms with Crippen LogP contribution in [0.1, 0.15) is 18.1 Å². The van der Waals surface area contributed by atoms with Crippen LogP contribution in [0.5, 0.6) is 0 Å². The highest BCUT2D eigenvalue weighted by molar-refractivity contribution is 6.35. The van der Waals surface area contributed by atoms with E-state index in [4.69, 9.17) is 23.2 Å². The zero-order valence-electron chi connectivity index (χ0n) is 12.1. The van der Waals surface area contributed by atoms with Gasteiger partial charge in [-0.25, -0.2) is 0 Å². The molecule has 2 nitrogen and oxygen atoms in total. The summed E-state index contributed by atoms with van der Waals surface area (Å²) in [6.45, 7) is 2.06. The maximum atomic E-state index is 12.5. The molecule has 1 heterocycles. The van der Waals surface area contributed by atoms with E-state index in [0.717, 1.165) is 17.7 Å². The van der Waals surface area contributed by atoms with E-state index in [0.29, 0.717) is 10.0 Å². The lowest BCUT2D eigenvalue weighted by Gasteiger charge is -2.21. The molecule has 1 aliphatic rings. The summed E-state index contributed by atoms with van der Waals surface area (Å²) in [7, 11) is 0. The first kappa shape index (κ1) is 15.1. The van der Waals surface area contributed by atoms with Crippen molar-refractivity contribution >= 4 is 40.9 Å². The lowest BCUT2D eigenvalue weighted by molar-refractivity contribution is -0.114. The van der Waals surface area contributed by atoms with Crippen molar-refractivity contribution in [2.75, 3.05) is 4.90 Å². The lowest BCUT2D eigenvalue weighted by Crippen LogP contribution is -2.34. The average Bonchev–Trinajstić information content (AvgIpc) is 2.82. The van der Waals surface area contributed by atoms with Gasteiger partial charge < -0.3 is 4.90 Å². The van der Waals surface area contributed by atoms with Gasteiger partial charge in [0.1, 0.15) is 0 Å². The van der Waals surface area contributed by atoms with Gasteiger partial charge in [-0.15, -0.1) is 0 Å². The highest BCUT2D eigenvalue weighted by atomic mass is 35.5. The maximum Gasteiger partial charge on any atom is 0.251 e. The molecule has 3 rings (SSSR count). The quantitative estimate of drug-likeness (QED) is 0.710. The molecule has 0 saturated heterocycles. The first-order valence-corrected chi connectivity index (χ1v) is 7.86. The van der Waals surface area contributed by atoms with Crippen LogP contribution in [-0.2, 0) is 11.2 Å². The monoisotopic (exact) mass is 331 g/mol. The number of fused-ring (bicyclic) bond motifs is 1. The molecule has 0 unspecified atom stereocenters. The Bertz CT molecular complexity index is 755. The van der Waals surface area contributed by atoms with Crippen molar-refractivity contribution in [1.29, 1.82) is 0 Å². The molecule has 2 aromatic rings. The Kier molecular flexibility index (Phi) is 4.23. The second-order valence-electron chi connectivity index (χ2n) is 5.39. The van der Waals surface area contributed by atoms with E-state index in [2.05, 4.69) is 13.0 Å². The first-order chi connectivity index (χ1) is 10.6. The van der Waals surface area contributed by atoms with Crippen LogP contribution < -0.4 is 4.90 Å². The Balaban J connectivity index is 1.84. The molecule has 0 fully saturated rings. The van der Waals surface area contributed by atoms with Crippen molar-refractivity contribution in [2.45, 2.75) is 19.4 Å². The summed E-state index contributed by atoms with van der Waals surface area (Å²) >= 11 is 12.0. The van der Waals surface area contributed by atoms with Gasteiger partial charge in [0.05, 0.1) is 0 Å². The molecular formula is C18H15Cl2NO. The Labute approximate surface area is 140 Å². The molecule has 4 heteroatoms. The zero-order valence-corrected chi connectivity index (χ0v) is 13.6. The average molecular weight is 332 g/mol. The van der Waals surface area contributed by atoms with E-state index in [9.17, 15) is 4.79 Å². The number of carbonyl (C=O) groups excluding carboxylic acids is 1. The Morgan fingerprint density at radius 3 is 2.77 bits per heavy atom. The van der Waals surface area contributed by atoms with Crippen molar-refractivity contribution in [1.82, 2.24) is 0 Å². The number of anilines is 1. The van der Waals surface area contributed by atoms with Crippen molar-refractivity contribution in [2.24, 2.45) is 0 Å². The van der Waals surface area contributed by atoms with Crippen LogP contribution in [0, 0.1) is 0 Å². The Hall–Kier alpha value is -1.77. The van der Waals surface area contributed by atoms with Gasteiger partial charge in [0.25, 0.3) is 5.91 Å². The highest BCUT2D eigenvalue weighted by Gasteiger charge is 2.29. The van der Waals surface area contributed by atoms with Crippen molar-refractivity contribution in [3.05, 3.63) is 69.7 Å². The SMILES string of the molecule is C[C@@H]1Cc2ccccc2N1C(=O)/C=C/c1ccc(Cl)cc1Cl. The van der Waals surface area contributed by atoms with Crippen molar-refractivity contribution < 1.29 is 4.79 Å². The molecule has 0 aromatic heterocycles. The fourth-order valence-electron chi connectivity index (χ4n) is 2.78. The standard InChI is InChI=1S/C18H15Cl2NO/c1-12-10-14-4-2-3-5-17(14)21(12)18(22)9-7-13-6-8-15(19)11-16(13)20/h2-9,11-12H,10H2,1H3/b9-7+/t12-/m1/s1. The van der Waals surface area contributed by atoms with Gasteiger partial charge in [-0.1, -0.05) is 47.5 Å². The second kappa shape index (κ2) is 6.15. The van der Waals surface area contributed by atoms with E-state index >= 15 is 0 Å². The van der Waals surface area contributed by atoms with Crippen LogP contribution in [0.2, 0.25) is 10.0 Å². The van der Waals surface area contributed by atoms with Crippen LogP contribution in [-0.4, -0.2) is 11.9 Å². The maximum absolute atomic E-state index is 12.5. The molecule has 0 bridgehead atoms. The number of para-hydroxylation sites is 1. The molecule has 22 heavy (non-hydrogen) atoms. The van der Waals surface area contributed by atoms with E-state index in [-0.39, 0.29) is 11.9 Å². The van der Waals surface area contributed by atoms with E-state index < -0.39 is 0 Å². The van der Waals surface area contributed by atoms with E-state index in [1.807, 2.05) is 23.1 Å². The highest BCUT2D eigenvalue weighted by Crippen LogP contribution is 2.32. The third-order valence-electron chi connectivity index (χ3n) is 3.81. The summed E-state index contributed by atoms with van der Waals surface area (Å²) in [5.41, 5.74) is 2.98. The molecule has 1 aliphatic heterocycles. The molecule has 2 aromatic carbocycles. The van der Waals surface area contributed by atoms with Crippen molar-refractivity contribution in [3.63, 3.8) is 0 Å².